The number of hydrogen-bond acceptors (Lipinski definition) is 3. The van der Waals surface area contributed by atoms with E-state index in [4.69, 9.17) is 0 Å². The van der Waals surface area contributed by atoms with E-state index in [1.54, 1.807) is 11.3 Å². The second kappa shape index (κ2) is 8.54. The van der Waals surface area contributed by atoms with Crippen LogP contribution >= 0.6 is 11.3 Å². The molecule has 1 unspecified atom stereocenters. The summed E-state index contributed by atoms with van der Waals surface area (Å²) in [5.41, 5.74) is 0. The van der Waals surface area contributed by atoms with E-state index in [2.05, 4.69) is 41.6 Å². The maximum Gasteiger partial charge on any atom is 0.222 e. The SMILES string of the molecule is CC(C)CN(CC1CCCN1)C(=O)CCCc1cccs1. The summed E-state index contributed by atoms with van der Waals surface area (Å²) in [6.45, 7) is 7.25. The summed E-state index contributed by atoms with van der Waals surface area (Å²) in [5.74, 6) is 0.863. The molecular weight excluding hydrogens is 280 g/mol. The number of rotatable bonds is 8. The van der Waals surface area contributed by atoms with Crippen LogP contribution in [0.25, 0.3) is 0 Å². The number of carbonyl (C=O) groups excluding carboxylic acids is 1. The van der Waals surface area contributed by atoms with Crippen molar-refractivity contribution in [1.82, 2.24) is 10.2 Å². The molecule has 0 aliphatic carbocycles. The molecule has 21 heavy (non-hydrogen) atoms. The van der Waals surface area contributed by atoms with Gasteiger partial charge in [-0.1, -0.05) is 19.9 Å². The summed E-state index contributed by atoms with van der Waals surface area (Å²) in [4.78, 5) is 16.0. The van der Waals surface area contributed by atoms with Crippen LogP contribution in [0, 0.1) is 5.92 Å². The smallest absolute Gasteiger partial charge is 0.222 e. The third-order valence-electron chi connectivity index (χ3n) is 3.94. The number of carbonyl (C=O) groups is 1. The second-order valence-electron chi connectivity index (χ2n) is 6.42. The Hall–Kier alpha value is -0.870. The van der Waals surface area contributed by atoms with Crippen LogP contribution in [-0.4, -0.2) is 36.5 Å². The molecule has 0 radical (unpaired) electrons. The highest BCUT2D eigenvalue weighted by Gasteiger charge is 2.21. The van der Waals surface area contributed by atoms with Crippen molar-refractivity contribution in [3.05, 3.63) is 22.4 Å². The van der Waals surface area contributed by atoms with Gasteiger partial charge in [0.1, 0.15) is 0 Å². The Morgan fingerprint density at radius 2 is 2.38 bits per heavy atom. The van der Waals surface area contributed by atoms with Crippen LogP contribution < -0.4 is 5.32 Å². The summed E-state index contributed by atoms with van der Waals surface area (Å²) in [5, 5.41) is 5.61. The standard InChI is InChI=1S/C17H28N2OS/c1-14(2)12-19(13-15-6-4-10-18-15)17(20)9-3-7-16-8-5-11-21-16/h5,8,11,14-15,18H,3-4,6-7,9-10,12-13H2,1-2H3. The lowest BCUT2D eigenvalue weighted by Gasteiger charge is -2.27. The maximum absolute atomic E-state index is 12.5. The number of nitrogens with one attached hydrogen (secondary N) is 1. The molecule has 0 saturated carbocycles. The van der Waals surface area contributed by atoms with Crippen molar-refractivity contribution in [2.75, 3.05) is 19.6 Å². The summed E-state index contributed by atoms with van der Waals surface area (Å²) in [6.07, 6.45) is 5.12. The first-order chi connectivity index (χ1) is 10.1. The average molecular weight is 308 g/mol. The lowest BCUT2D eigenvalue weighted by atomic mass is 10.1. The molecule has 3 nitrogen and oxygen atoms in total. The molecule has 4 heteroatoms. The van der Waals surface area contributed by atoms with Gasteiger partial charge in [0.05, 0.1) is 0 Å². The summed E-state index contributed by atoms with van der Waals surface area (Å²) < 4.78 is 0. The van der Waals surface area contributed by atoms with Crippen molar-refractivity contribution in [3.63, 3.8) is 0 Å². The van der Waals surface area contributed by atoms with E-state index < -0.39 is 0 Å². The van der Waals surface area contributed by atoms with E-state index in [0.29, 0.717) is 24.3 Å². The van der Waals surface area contributed by atoms with Gasteiger partial charge in [0, 0.05) is 30.4 Å². The minimum atomic E-state index is 0.328. The zero-order valence-electron chi connectivity index (χ0n) is 13.3. The highest BCUT2D eigenvalue weighted by Crippen LogP contribution is 2.14. The Kier molecular flexibility index (Phi) is 6.71. The molecule has 1 aromatic rings. The summed E-state index contributed by atoms with van der Waals surface area (Å²) in [6, 6.07) is 4.74. The number of aryl methyl sites for hydroxylation is 1. The van der Waals surface area contributed by atoms with Crippen LogP contribution in [0.15, 0.2) is 17.5 Å². The van der Waals surface area contributed by atoms with Gasteiger partial charge in [0.15, 0.2) is 0 Å². The summed E-state index contributed by atoms with van der Waals surface area (Å²) >= 11 is 1.78. The van der Waals surface area contributed by atoms with E-state index in [1.807, 2.05) is 0 Å². The molecular formula is C17H28N2OS. The Morgan fingerprint density at radius 1 is 1.52 bits per heavy atom. The number of amides is 1. The third kappa shape index (κ3) is 5.79. The quantitative estimate of drug-likeness (QED) is 0.799. The molecule has 1 N–H and O–H groups in total. The van der Waals surface area contributed by atoms with Gasteiger partial charge in [0.25, 0.3) is 0 Å². The summed E-state index contributed by atoms with van der Waals surface area (Å²) in [7, 11) is 0. The van der Waals surface area contributed by atoms with Gasteiger partial charge in [-0.15, -0.1) is 11.3 Å². The zero-order chi connectivity index (χ0) is 15.1. The molecule has 1 aromatic heterocycles. The minimum absolute atomic E-state index is 0.328. The lowest BCUT2D eigenvalue weighted by Crippen LogP contribution is -2.42. The van der Waals surface area contributed by atoms with Crippen LogP contribution in [0.2, 0.25) is 0 Å². The first-order valence-electron chi connectivity index (χ1n) is 8.18. The second-order valence-corrected chi connectivity index (χ2v) is 7.45. The van der Waals surface area contributed by atoms with Crippen molar-refractivity contribution in [2.45, 2.75) is 52.0 Å². The van der Waals surface area contributed by atoms with Crippen LogP contribution in [0.5, 0.6) is 0 Å². The van der Waals surface area contributed by atoms with E-state index in [-0.39, 0.29) is 0 Å². The van der Waals surface area contributed by atoms with Crippen molar-refractivity contribution in [1.29, 1.82) is 0 Å². The molecule has 1 saturated heterocycles. The minimum Gasteiger partial charge on any atom is -0.341 e. The molecule has 0 spiro atoms. The van der Waals surface area contributed by atoms with E-state index in [1.165, 1.54) is 17.7 Å². The molecule has 1 aliphatic rings. The molecule has 1 atom stereocenters. The predicted molar refractivity (Wildman–Crippen MR) is 89.7 cm³/mol. The number of hydrogen-bond donors (Lipinski definition) is 1. The zero-order valence-corrected chi connectivity index (χ0v) is 14.1. The average Bonchev–Trinajstić information content (AvgIpc) is 3.10. The van der Waals surface area contributed by atoms with Crippen molar-refractivity contribution in [2.24, 2.45) is 5.92 Å². The van der Waals surface area contributed by atoms with Crippen molar-refractivity contribution in [3.8, 4) is 0 Å². The predicted octanol–water partition coefficient (Wildman–Crippen LogP) is 3.31. The fourth-order valence-corrected chi connectivity index (χ4v) is 3.68. The topological polar surface area (TPSA) is 32.3 Å². The largest absolute Gasteiger partial charge is 0.341 e. The van der Waals surface area contributed by atoms with E-state index >= 15 is 0 Å². The van der Waals surface area contributed by atoms with Gasteiger partial charge < -0.3 is 10.2 Å². The fraction of sp³-hybridized carbons (Fsp3) is 0.706. The first-order valence-corrected chi connectivity index (χ1v) is 9.06. The Morgan fingerprint density at radius 3 is 3.00 bits per heavy atom. The fourth-order valence-electron chi connectivity index (χ4n) is 2.92. The van der Waals surface area contributed by atoms with E-state index in [9.17, 15) is 4.79 Å². The van der Waals surface area contributed by atoms with Gasteiger partial charge in [-0.3, -0.25) is 4.79 Å². The maximum atomic E-state index is 12.5. The highest BCUT2D eigenvalue weighted by molar-refractivity contribution is 7.09. The van der Waals surface area contributed by atoms with Crippen LogP contribution in [0.4, 0.5) is 0 Å². The third-order valence-corrected chi connectivity index (χ3v) is 4.87. The van der Waals surface area contributed by atoms with E-state index in [0.717, 1.165) is 32.5 Å². The van der Waals surface area contributed by atoms with Gasteiger partial charge in [0.2, 0.25) is 5.91 Å². The normalized spacial score (nSPS) is 18.3. The molecule has 2 heterocycles. The van der Waals surface area contributed by atoms with Crippen LogP contribution in [0.3, 0.4) is 0 Å². The van der Waals surface area contributed by atoms with Gasteiger partial charge >= 0.3 is 0 Å². The van der Waals surface area contributed by atoms with Gasteiger partial charge in [-0.25, -0.2) is 0 Å². The van der Waals surface area contributed by atoms with Crippen molar-refractivity contribution >= 4 is 17.2 Å². The first kappa shape index (κ1) is 16.5. The van der Waals surface area contributed by atoms with Gasteiger partial charge in [-0.2, -0.15) is 0 Å². The molecule has 1 aliphatic heterocycles. The monoisotopic (exact) mass is 308 g/mol. The molecule has 1 amide bonds. The molecule has 1 fully saturated rings. The molecule has 0 bridgehead atoms. The van der Waals surface area contributed by atoms with Crippen molar-refractivity contribution < 1.29 is 4.79 Å². The molecule has 118 valence electrons. The lowest BCUT2D eigenvalue weighted by molar-refractivity contribution is -0.132. The molecule has 0 aromatic carbocycles. The Labute approximate surface area is 132 Å². The Balaban J connectivity index is 1.78. The highest BCUT2D eigenvalue weighted by atomic mass is 32.1. The number of nitrogens with zero attached hydrogens (tertiary/aromatic N) is 1. The van der Waals surface area contributed by atoms with Crippen LogP contribution in [0.1, 0.15) is 44.4 Å². The molecule has 2 rings (SSSR count). The Bertz CT molecular complexity index is 410. The van der Waals surface area contributed by atoms with Gasteiger partial charge in [-0.05, 0) is 49.6 Å². The van der Waals surface area contributed by atoms with Crippen LogP contribution in [-0.2, 0) is 11.2 Å². The number of thiophene rings is 1.